The van der Waals surface area contributed by atoms with E-state index in [1.54, 1.807) is 13.1 Å². The molecule has 3 rings (SSSR count). The lowest BCUT2D eigenvalue weighted by molar-refractivity contribution is -0.151. The van der Waals surface area contributed by atoms with E-state index in [0.717, 1.165) is 10.4 Å². The lowest BCUT2D eigenvalue weighted by atomic mass is 10.2. The van der Waals surface area contributed by atoms with Gasteiger partial charge in [-0.25, -0.2) is 4.98 Å². The number of rotatable bonds is 7. The van der Waals surface area contributed by atoms with Gasteiger partial charge in [-0.1, -0.05) is 29.8 Å². The van der Waals surface area contributed by atoms with Gasteiger partial charge >= 0.3 is 5.97 Å². The fraction of sp³-hybridized carbons (Fsp3) is 0.211. The van der Waals surface area contributed by atoms with Crippen LogP contribution < -0.4 is 0 Å². The molecule has 0 spiro atoms. The molecule has 3 aromatic rings. The monoisotopic (exact) mass is 404 g/mol. The first-order chi connectivity index (χ1) is 13.0. The summed E-state index contributed by atoms with van der Waals surface area (Å²) in [5.74, 6) is -0.398. The summed E-state index contributed by atoms with van der Waals surface area (Å²) in [5, 5.41) is 0. The predicted octanol–water partition coefficient (Wildman–Crippen LogP) is 3.80. The van der Waals surface area contributed by atoms with Crippen molar-refractivity contribution >= 4 is 34.8 Å². The van der Waals surface area contributed by atoms with E-state index in [9.17, 15) is 9.59 Å². The van der Waals surface area contributed by atoms with Crippen LogP contribution in [0.3, 0.4) is 0 Å². The summed E-state index contributed by atoms with van der Waals surface area (Å²) >= 11 is 7.28. The van der Waals surface area contributed by atoms with Crippen molar-refractivity contribution < 1.29 is 18.7 Å². The molecule has 1 amide bonds. The molecule has 0 aliphatic carbocycles. The molecule has 0 atom stereocenters. The van der Waals surface area contributed by atoms with E-state index in [-0.39, 0.29) is 18.9 Å². The number of nitrogens with zero attached hydrogens (tertiary/aromatic N) is 2. The van der Waals surface area contributed by atoms with Crippen LogP contribution in [0.15, 0.2) is 53.1 Å². The molecule has 8 heteroatoms. The first-order valence-electron chi connectivity index (χ1n) is 8.15. The van der Waals surface area contributed by atoms with Gasteiger partial charge in [-0.05, 0) is 24.3 Å². The van der Waals surface area contributed by atoms with Gasteiger partial charge in [0.05, 0.1) is 23.0 Å². The number of benzene rings is 1. The molecule has 140 valence electrons. The van der Waals surface area contributed by atoms with Crippen molar-refractivity contribution in [1.29, 1.82) is 0 Å². The zero-order valence-electron chi connectivity index (χ0n) is 14.6. The minimum Gasteiger partial charge on any atom is -0.455 e. The smallest absolute Gasteiger partial charge is 0.312 e. The molecule has 0 saturated heterocycles. The summed E-state index contributed by atoms with van der Waals surface area (Å²) in [6.45, 7) is 0.0926. The highest BCUT2D eigenvalue weighted by Crippen LogP contribution is 2.22. The number of oxazole rings is 1. The van der Waals surface area contributed by atoms with Crippen LogP contribution in [-0.2, 0) is 27.3 Å². The highest BCUT2D eigenvalue weighted by molar-refractivity contribution is 7.16. The predicted molar refractivity (Wildman–Crippen MR) is 102 cm³/mol. The van der Waals surface area contributed by atoms with Crippen LogP contribution in [0, 0.1) is 0 Å². The maximum Gasteiger partial charge on any atom is 0.312 e. The second-order valence-electron chi connectivity index (χ2n) is 5.80. The van der Waals surface area contributed by atoms with Crippen molar-refractivity contribution in [2.75, 3.05) is 13.7 Å². The molecular weight excluding hydrogens is 388 g/mol. The van der Waals surface area contributed by atoms with Gasteiger partial charge in [0, 0.05) is 17.5 Å². The molecule has 27 heavy (non-hydrogen) atoms. The van der Waals surface area contributed by atoms with Crippen LogP contribution in [0.25, 0.3) is 11.5 Å². The standard InChI is InChI=1S/C19H17ClN2O4S/c1-22(10-15-7-8-16(20)27-15)17(23)12-25-18(24)9-14-11-26-19(21-14)13-5-3-2-4-6-13/h2-8,11H,9-10,12H2,1H3. The summed E-state index contributed by atoms with van der Waals surface area (Å²) in [6.07, 6.45) is 1.35. The summed E-state index contributed by atoms with van der Waals surface area (Å²) in [5.41, 5.74) is 1.27. The van der Waals surface area contributed by atoms with Gasteiger partial charge in [0.15, 0.2) is 6.61 Å². The zero-order chi connectivity index (χ0) is 19.2. The number of carbonyl (C=O) groups excluding carboxylic acids is 2. The number of thiophene rings is 1. The van der Waals surface area contributed by atoms with Crippen molar-refractivity contribution in [3.8, 4) is 11.5 Å². The SMILES string of the molecule is CN(Cc1ccc(Cl)s1)C(=O)COC(=O)Cc1coc(-c2ccccc2)n1. The van der Waals surface area contributed by atoms with Crippen molar-refractivity contribution in [3.63, 3.8) is 0 Å². The van der Waals surface area contributed by atoms with Gasteiger partial charge in [-0.15, -0.1) is 11.3 Å². The van der Waals surface area contributed by atoms with Crippen molar-refractivity contribution in [2.24, 2.45) is 0 Å². The topological polar surface area (TPSA) is 72.6 Å². The molecule has 0 N–H and O–H groups in total. The van der Waals surface area contributed by atoms with E-state index in [1.165, 1.54) is 22.5 Å². The molecule has 0 fully saturated rings. The molecule has 0 aliphatic heterocycles. The fourth-order valence-electron chi connectivity index (χ4n) is 2.31. The molecule has 0 bridgehead atoms. The number of esters is 1. The quantitative estimate of drug-likeness (QED) is 0.560. The molecule has 2 heterocycles. The second-order valence-corrected chi connectivity index (χ2v) is 7.60. The van der Waals surface area contributed by atoms with Crippen molar-refractivity contribution in [3.05, 3.63) is 63.6 Å². The normalized spacial score (nSPS) is 10.6. The Hall–Kier alpha value is -2.64. The van der Waals surface area contributed by atoms with Crippen LogP contribution in [0.5, 0.6) is 0 Å². The van der Waals surface area contributed by atoms with E-state index in [0.29, 0.717) is 22.5 Å². The summed E-state index contributed by atoms with van der Waals surface area (Å²) in [7, 11) is 1.65. The van der Waals surface area contributed by atoms with Crippen LogP contribution >= 0.6 is 22.9 Å². The van der Waals surface area contributed by atoms with Crippen molar-refractivity contribution in [2.45, 2.75) is 13.0 Å². The fourth-order valence-corrected chi connectivity index (χ4v) is 3.45. The van der Waals surface area contributed by atoms with Gasteiger partial charge < -0.3 is 14.1 Å². The Labute approximate surface area is 165 Å². The van der Waals surface area contributed by atoms with Crippen LogP contribution in [0.2, 0.25) is 4.34 Å². The van der Waals surface area contributed by atoms with E-state index in [1.807, 2.05) is 36.4 Å². The average Bonchev–Trinajstić information content (AvgIpc) is 3.29. The van der Waals surface area contributed by atoms with E-state index >= 15 is 0 Å². The Balaban J connectivity index is 1.46. The van der Waals surface area contributed by atoms with Gasteiger partial charge in [0.2, 0.25) is 5.89 Å². The van der Waals surface area contributed by atoms with Crippen LogP contribution in [0.4, 0.5) is 0 Å². The number of carbonyl (C=O) groups is 2. The average molecular weight is 405 g/mol. The number of hydrogen-bond donors (Lipinski definition) is 0. The van der Waals surface area contributed by atoms with Gasteiger partial charge in [0.1, 0.15) is 6.26 Å². The number of ether oxygens (including phenoxy) is 1. The Morgan fingerprint density at radius 1 is 1.22 bits per heavy atom. The number of likely N-dealkylation sites (N-methyl/N-ethyl adjacent to an activating group) is 1. The number of amides is 1. The zero-order valence-corrected chi connectivity index (χ0v) is 16.1. The molecule has 0 radical (unpaired) electrons. The minimum atomic E-state index is -0.538. The Kier molecular flexibility index (Phi) is 6.26. The minimum absolute atomic E-state index is 0.0616. The van der Waals surface area contributed by atoms with E-state index < -0.39 is 5.97 Å². The molecule has 0 aliphatic rings. The summed E-state index contributed by atoms with van der Waals surface area (Å²) < 4.78 is 11.1. The number of halogens is 1. The first kappa shape index (κ1) is 19.1. The lowest BCUT2D eigenvalue weighted by Crippen LogP contribution is -2.30. The van der Waals surface area contributed by atoms with Gasteiger partial charge in [-0.3, -0.25) is 9.59 Å². The maximum absolute atomic E-state index is 12.1. The third-order valence-corrected chi connectivity index (χ3v) is 4.92. The highest BCUT2D eigenvalue weighted by atomic mass is 35.5. The lowest BCUT2D eigenvalue weighted by Gasteiger charge is -2.15. The highest BCUT2D eigenvalue weighted by Gasteiger charge is 2.15. The number of aromatic nitrogens is 1. The van der Waals surface area contributed by atoms with E-state index in [2.05, 4.69) is 4.98 Å². The molecule has 2 aromatic heterocycles. The van der Waals surface area contributed by atoms with Gasteiger partial charge in [0.25, 0.3) is 5.91 Å². The van der Waals surface area contributed by atoms with Gasteiger partial charge in [-0.2, -0.15) is 0 Å². The molecule has 6 nitrogen and oxygen atoms in total. The second kappa shape index (κ2) is 8.83. The van der Waals surface area contributed by atoms with Crippen molar-refractivity contribution in [1.82, 2.24) is 9.88 Å². The third-order valence-electron chi connectivity index (χ3n) is 3.70. The summed E-state index contributed by atoms with van der Waals surface area (Å²) in [4.78, 5) is 30.8. The molecular formula is C19H17ClN2O4S. The Morgan fingerprint density at radius 2 is 2.00 bits per heavy atom. The third kappa shape index (κ3) is 5.42. The largest absolute Gasteiger partial charge is 0.455 e. The molecule has 0 saturated carbocycles. The molecule has 0 unspecified atom stereocenters. The molecule has 1 aromatic carbocycles. The Bertz CT molecular complexity index is 923. The summed E-state index contributed by atoms with van der Waals surface area (Å²) in [6, 6.07) is 13.0. The maximum atomic E-state index is 12.1. The first-order valence-corrected chi connectivity index (χ1v) is 9.34. The van der Waals surface area contributed by atoms with Crippen LogP contribution in [-0.4, -0.2) is 35.4 Å². The van der Waals surface area contributed by atoms with Crippen LogP contribution in [0.1, 0.15) is 10.6 Å². The van der Waals surface area contributed by atoms with E-state index in [4.69, 9.17) is 20.8 Å². The number of hydrogen-bond acceptors (Lipinski definition) is 6. The Morgan fingerprint density at radius 3 is 2.70 bits per heavy atom.